The van der Waals surface area contributed by atoms with E-state index in [-0.39, 0.29) is 43.1 Å². The number of rotatable bonds is 5. The quantitative estimate of drug-likeness (QED) is 0.670. The number of hydrogen-bond acceptors (Lipinski definition) is 4. The van der Waals surface area contributed by atoms with Crippen molar-refractivity contribution in [2.45, 2.75) is 38.3 Å². The van der Waals surface area contributed by atoms with Crippen molar-refractivity contribution in [2.75, 3.05) is 32.1 Å². The number of ether oxygens (including phenoxy) is 1. The second-order valence-electron chi connectivity index (χ2n) is 9.18. The molecule has 7 nitrogen and oxygen atoms in total. The van der Waals surface area contributed by atoms with Crippen molar-refractivity contribution >= 4 is 17.6 Å². The van der Waals surface area contributed by atoms with Gasteiger partial charge in [0, 0.05) is 24.4 Å². The molecule has 4 rings (SSSR count). The molecule has 7 heteroatoms. The fourth-order valence-electron chi connectivity index (χ4n) is 4.74. The van der Waals surface area contributed by atoms with E-state index in [0.717, 1.165) is 17.5 Å². The van der Waals surface area contributed by atoms with Crippen LogP contribution in [0.25, 0.3) is 0 Å². The number of benzene rings is 2. The fraction of sp³-hybridized carbons (Fsp3) is 0.407. The Hall–Kier alpha value is -3.50. The van der Waals surface area contributed by atoms with E-state index in [1.807, 2.05) is 36.4 Å². The Balaban J connectivity index is 1.49. The molecule has 2 aliphatic rings. The number of aliphatic hydroxyl groups excluding tert-OH is 1. The number of aliphatic hydroxyl groups is 1. The summed E-state index contributed by atoms with van der Waals surface area (Å²) in [6.45, 7) is 4.53. The maximum atomic E-state index is 13.0. The molecular formula is C27H31N3O4. The molecule has 2 N–H and O–H groups in total. The highest BCUT2D eigenvalue weighted by molar-refractivity contribution is 5.94. The van der Waals surface area contributed by atoms with Crippen LogP contribution in [0, 0.1) is 17.8 Å². The zero-order valence-corrected chi connectivity index (χ0v) is 19.8. The topological polar surface area (TPSA) is 82.1 Å². The van der Waals surface area contributed by atoms with Gasteiger partial charge >= 0.3 is 6.03 Å². The Morgan fingerprint density at radius 1 is 1.21 bits per heavy atom. The Labute approximate surface area is 200 Å². The zero-order chi connectivity index (χ0) is 24.2. The summed E-state index contributed by atoms with van der Waals surface area (Å²) in [5.41, 5.74) is 2.53. The average molecular weight is 462 g/mol. The molecule has 2 aliphatic heterocycles. The zero-order valence-electron chi connectivity index (χ0n) is 19.8. The van der Waals surface area contributed by atoms with Crippen LogP contribution in [-0.4, -0.2) is 65.7 Å². The number of urea groups is 1. The third-order valence-electron chi connectivity index (χ3n) is 6.43. The van der Waals surface area contributed by atoms with Crippen molar-refractivity contribution in [3.63, 3.8) is 0 Å². The van der Waals surface area contributed by atoms with E-state index < -0.39 is 0 Å². The van der Waals surface area contributed by atoms with E-state index in [1.165, 1.54) is 4.90 Å². The van der Waals surface area contributed by atoms with Crippen LogP contribution in [0.3, 0.4) is 0 Å². The van der Waals surface area contributed by atoms with Crippen molar-refractivity contribution < 1.29 is 19.4 Å². The number of fused-ring (bicyclic) bond motifs is 1. The molecule has 2 heterocycles. The highest BCUT2D eigenvalue weighted by Crippen LogP contribution is 2.43. The van der Waals surface area contributed by atoms with Gasteiger partial charge in [-0.3, -0.25) is 4.79 Å². The largest absolute Gasteiger partial charge is 0.495 e. The van der Waals surface area contributed by atoms with Crippen molar-refractivity contribution in [2.24, 2.45) is 5.92 Å². The Kier molecular flexibility index (Phi) is 7.09. The number of carbonyl (C=O) groups is 2. The summed E-state index contributed by atoms with van der Waals surface area (Å²) in [6.07, 6.45) is 0.850. The normalized spacial score (nSPS) is 21.3. The molecule has 0 bridgehead atoms. The first-order valence-electron chi connectivity index (χ1n) is 11.6. The van der Waals surface area contributed by atoms with Gasteiger partial charge in [0.1, 0.15) is 12.3 Å². The molecule has 2 saturated heterocycles. The maximum Gasteiger partial charge on any atom is 0.322 e. The molecule has 2 fully saturated rings. The lowest BCUT2D eigenvalue weighted by Gasteiger charge is -2.58. The van der Waals surface area contributed by atoms with Gasteiger partial charge in [-0.2, -0.15) is 0 Å². The lowest BCUT2D eigenvalue weighted by atomic mass is 9.73. The minimum atomic E-state index is -0.348. The molecule has 0 spiro atoms. The Bertz CT molecular complexity index is 1100. The van der Waals surface area contributed by atoms with Crippen LogP contribution < -0.4 is 10.1 Å². The molecule has 0 aromatic heterocycles. The predicted molar refractivity (Wildman–Crippen MR) is 131 cm³/mol. The van der Waals surface area contributed by atoms with Gasteiger partial charge in [0.15, 0.2) is 0 Å². The van der Waals surface area contributed by atoms with Gasteiger partial charge in [0.25, 0.3) is 0 Å². The van der Waals surface area contributed by atoms with Gasteiger partial charge < -0.3 is 25.0 Å². The minimum Gasteiger partial charge on any atom is -0.495 e. The van der Waals surface area contributed by atoms with E-state index in [9.17, 15) is 14.7 Å². The maximum absolute atomic E-state index is 13.0. The molecule has 0 radical (unpaired) electrons. The van der Waals surface area contributed by atoms with Crippen LogP contribution in [-0.2, 0) is 4.79 Å². The number of piperazine rings is 1. The Morgan fingerprint density at radius 3 is 2.62 bits per heavy atom. The van der Waals surface area contributed by atoms with E-state index >= 15 is 0 Å². The minimum absolute atomic E-state index is 0.0227. The number of amides is 3. The predicted octanol–water partition coefficient (Wildman–Crippen LogP) is 3.30. The van der Waals surface area contributed by atoms with Crippen molar-refractivity contribution in [1.29, 1.82) is 0 Å². The van der Waals surface area contributed by atoms with Crippen LogP contribution >= 0.6 is 0 Å². The van der Waals surface area contributed by atoms with Gasteiger partial charge in [0.2, 0.25) is 5.91 Å². The van der Waals surface area contributed by atoms with Crippen molar-refractivity contribution in [1.82, 2.24) is 9.80 Å². The molecule has 178 valence electrons. The second kappa shape index (κ2) is 10.2. The third-order valence-corrected chi connectivity index (χ3v) is 6.43. The van der Waals surface area contributed by atoms with Crippen LogP contribution in [0.2, 0.25) is 0 Å². The monoisotopic (exact) mass is 461 g/mol. The highest BCUT2D eigenvalue weighted by atomic mass is 16.5. The average Bonchev–Trinajstić information content (AvgIpc) is 2.81. The number of anilines is 1. The number of hydrogen-bond donors (Lipinski definition) is 2. The number of carbonyl (C=O) groups excluding carboxylic acids is 2. The fourth-order valence-corrected chi connectivity index (χ4v) is 4.74. The third kappa shape index (κ3) is 4.73. The molecule has 2 aromatic rings. The van der Waals surface area contributed by atoms with Gasteiger partial charge in [0.05, 0.1) is 31.5 Å². The standard InChI is InChI=1S/C27H31N3O4/c1-18(2)7-6-8-19-11-13-20(14-12-19)26-22-15-29(16-25(32)30(22)23(26)17-31)27(33)28-21-9-4-5-10-24(21)34-3/h4-5,9-14,18,22-23,26,31H,7,15-17H2,1-3H3,(H,28,33)/t22-,23-,26-/m1/s1. The molecule has 2 aromatic carbocycles. The molecular weight excluding hydrogens is 430 g/mol. The first-order chi connectivity index (χ1) is 16.4. The number of methoxy groups -OCH3 is 1. The van der Waals surface area contributed by atoms with Gasteiger partial charge in [-0.15, -0.1) is 0 Å². The van der Waals surface area contributed by atoms with Gasteiger partial charge in [-0.1, -0.05) is 50.0 Å². The van der Waals surface area contributed by atoms with E-state index in [4.69, 9.17) is 4.74 Å². The smallest absolute Gasteiger partial charge is 0.322 e. The van der Waals surface area contributed by atoms with E-state index in [1.54, 1.807) is 24.1 Å². The van der Waals surface area contributed by atoms with Crippen LogP contribution in [0.5, 0.6) is 5.75 Å². The van der Waals surface area contributed by atoms with Crippen LogP contribution in [0.15, 0.2) is 48.5 Å². The van der Waals surface area contributed by atoms with Gasteiger partial charge in [-0.05, 0) is 35.7 Å². The summed E-state index contributed by atoms with van der Waals surface area (Å²) in [7, 11) is 1.54. The molecule has 34 heavy (non-hydrogen) atoms. The Morgan fingerprint density at radius 2 is 1.94 bits per heavy atom. The summed E-state index contributed by atoms with van der Waals surface area (Å²) in [5.74, 6) is 7.26. The SMILES string of the molecule is COc1ccccc1NC(=O)N1CC(=O)N2[C@H](CO)[C@H](c3ccc(C#CCC(C)C)cc3)[C@H]2C1. The molecule has 0 saturated carbocycles. The number of nitrogens with zero attached hydrogens (tertiary/aromatic N) is 2. The lowest BCUT2D eigenvalue weighted by molar-refractivity contribution is -0.159. The molecule has 0 unspecified atom stereocenters. The summed E-state index contributed by atoms with van der Waals surface area (Å²) in [6, 6.07) is 14.3. The second-order valence-corrected chi connectivity index (χ2v) is 9.18. The first-order valence-corrected chi connectivity index (χ1v) is 11.6. The lowest BCUT2D eigenvalue weighted by Crippen LogP contribution is -2.73. The van der Waals surface area contributed by atoms with Crippen LogP contribution in [0.1, 0.15) is 37.3 Å². The van der Waals surface area contributed by atoms with Crippen molar-refractivity contribution in [3.05, 3.63) is 59.7 Å². The van der Waals surface area contributed by atoms with Crippen LogP contribution in [0.4, 0.5) is 10.5 Å². The highest BCUT2D eigenvalue weighted by Gasteiger charge is 2.54. The molecule has 3 atom stereocenters. The number of nitrogens with one attached hydrogen (secondary N) is 1. The van der Waals surface area contributed by atoms with E-state index in [0.29, 0.717) is 23.9 Å². The van der Waals surface area contributed by atoms with Gasteiger partial charge in [-0.25, -0.2) is 4.79 Å². The summed E-state index contributed by atoms with van der Waals surface area (Å²) in [4.78, 5) is 29.1. The van der Waals surface area contributed by atoms with Crippen molar-refractivity contribution in [3.8, 4) is 17.6 Å². The number of para-hydroxylation sites is 2. The summed E-state index contributed by atoms with van der Waals surface area (Å²) >= 11 is 0. The molecule has 3 amide bonds. The molecule has 0 aliphatic carbocycles. The van der Waals surface area contributed by atoms with E-state index in [2.05, 4.69) is 31.0 Å². The summed E-state index contributed by atoms with van der Waals surface area (Å²) < 4.78 is 5.31. The first kappa shape index (κ1) is 23.7. The summed E-state index contributed by atoms with van der Waals surface area (Å²) in [5, 5.41) is 12.9.